The maximum absolute atomic E-state index is 13.3. The molecule has 0 aromatic heterocycles. The number of benzene rings is 2. The van der Waals surface area contributed by atoms with E-state index in [4.69, 9.17) is 4.74 Å². The second-order valence-corrected chi connectivity index (χ2v) is 9.63. The number of nitrogens with zero attached hydrogens (tertiary/aromatic N) is 1. The van der Waals surface area contributed by atoms with Crippen LogP contribution in [0.15, 0.2) is 48.5 Å². The molecule has 7 nitrogen and oxygen atoms in total. The number of carbonyl (C=O) groups excluding carboxylic acids is 2. The van der Waals surface area contributed by atoms with Crippen molar-refractivity contribution in [1.29, 1.82) is 0 Å². The van der Waals surface area contributed by atoms with Crippen LogP contribution in [-0.4, -0.2) is 53.7 Å². The summed E-state index contributed by atoms with van der Waals surface area (Å²) < 4.78 is 5.60. The number of alkyl carbamates (subject to hydrolysis) is 1. The predicted octanol–water partition coefficient (Wildman–Crippen LogP) is 4.65. The predicted molar refractivity (Wildman–Crippen MR) is 133 cm³/mol. The zero-order valence-electron chi connectivity index (χ0n) is 20.4. The van der Waals surface area contributed by atoms with Crippen molar-refractivity contribution in [3.63, 3.8) is 0 Å². The van der Waals surface area contributed by atoms with E-state index < -0.39 is 24.0 Å². The summed E-state index contributed by atoms with van der Waals surface area (Å²) in [4.78, 5) is 39.2. The number of carboxylic acids is 1. The van der Waals surface area contributed by atoms with Crippen LogP contribution < -0.4 is 5.32 Å². The number of ether oxygens (including phenoxy) is 1. The molecule has 2 aromatic carbocycles. The van der Waals surface area contributed by atoms with Gasteiger partial charge in [0.05, 0.1) is 5.92 Å². The van der Waals surface area contributed by atoms with E-state index in [1.54, 1.807) is 0 Å². The molecule has 7 heteroatoms. The number of aliphatic carboxylic acids is 1. The summed E-state index contributed by atoms with van der Waals surface area (Å²) in [5.41, 5.74) is 4.60. The van der Waals surface area contributed by atoms with Crippen LogP contribution in [0.25, 0.3) is 11.1 Å². The highest BCUT2D eigenvalue weighted by atomic mass is 16.5. The van der Waals surface area contributed by atoms with Crippen LogP contribution in [-0.2, 0) is 14.3 Å². The summed E-state index contributed by atoms with van der Waals surface area (Å²) in [6, 6.07) is 15.5. The summed E-state index contributed by atoms with van der Waals surface area (Å²) in [5.74, 6) is -1.78. The zero-order valence-corrected chi connectivity index (χ0v) is 20.4. The van der Waals surface area contributed by atoms with Gasteiger partial charge in [-0.15, -0.1) is 0 Å². The van der Waals surface area contributed by atoms with Crippen molar-refractivity contribution in [1.82, 2.24) is 10.2 Å². The lowest BCUT2D eigenvalue weighted by Gasteiger charge is -2.39. The van der Waals surface area contributed by atoms with E-state index in [2.05, 4.69) is 29.6 Å². The molecular formula is C28H34N2O5. The fraction of sp³-hybridized carbons (Fsp3) is 0.464. The molecule has 0 radical (unpaired) electrons. The van der Waals surface area contributed by atoms with Crippen LogP contribution in [0.1, 0.15) is 56.6 Å². The zero-order chi connectivity index (χ0) is 24.9. The fourth-order valence-electron chi connectivity index (χ4n) is 5.56. The highest BCUT2D eigenvalue weighted by Crippen LogP contribution is 2.44. The maximum Gasteiger partial charge on any atom is 0.407 e. The van der Waals surface area contributed by atoms with Gasteiger partial charge in [-0.05, 0) is 47.4 Å². The Balaban J connectivity index is 1.37. The fourth-order valence-corrected chi connectivity index (χ4v) is 5.56. The van der Waals surface area contributed by atoms with Crippen molar-refractivity contribution < 1.29 is 24.2 Å². The molecule has 3 unspecified atom stereocenters. The number of carbonyl (C=O) groups is 3. The first-order valence-corrected chi connectivity index (χ1v) is 12.5. The molecule has 3 atom stereocenters. The summed E-state index contributed by atoms with van der Waals surface area (Å²) in [7, 11) is 0. The molecule has 2 aliphatic rings. The number of nitrogens with one attached hydrogen (secondary N) is 1. The Hall–Kier alpha value is -3.35. The SMILES string of the molecule is CCCC(CNC(=O)OCC1c2ccccc2-c2ccccc21)C(=O)N1CCCC(C)C1C(=O)O. The number of likely N-dealkylation sites (tertiary alicyclic amines) is 1. The van der Waals surface area contributed by atoms with Crippen molar-refractivity contribution in [3.05, 3.63) is 59.7 Å². The van der Waals surface area contributed by atoms with Gasteiger partial charge in [-0.1, -0.05) is 68.8 Å². The standard InChI is InChI=1S/C28H34N2O5/c1-3-9-19(26(31)30-15-8-10-18(2)25(30)27(32)33)16-29-28(34)35-17-24-22-13-6-4-11-20(22)21-12-5-7-14-23(21)24/h4-7,11-14,18-19,24-25H,3,8-10,15-17H2,1-2H3,(H,29,34)(H,32,33). The lowest BCUT2D eigenvalue weighted by Crippen LogP contribution is -2.54. The average Bonchev–Trinajstić information content (AvgIpc) is 3.18. The average molecular weight is 479 g/mol. The molecule has 1 aliphatic carbocycles. The highest BCUT2D eigenvalue weighted by Gasteiger charge is 2.39. The van der Waals surface area contributed by atoms with Gasteiger partial charge in [0.1, 0.15) is 12.6 Å². The summed E-state index contributed by atoms with van der Waals surface area (Å²) in [6.07, 6.45) is 2.33. The quantitative estimate of drug-likeness (QED) is 0.576. The Morgan fingerprint density at radius 3 is 2.31 bits per heavy atom. The second-order valence-electron chi connectivity index (χ2n) is 9.63. The monoisotopic (exact) mass is 478 g/mol. The molecule has 0 bridgehead atoms. The Morgan fingerprint density at radius 2 is 1.71 bits per heavy atom. The van der Waals surface area contributed by atoms with Crippen LogP contribution in [0, 0.1) is 11.8 Å². The largest absolute Gasteiger partial charge is 0.480 e. The third kappa shape index (κ3) is 5.19. The molecule has 0 saturated carbocycles. The van der Waals surface area contributed by atoms with Crippen molar-refractivity contribution in [2.45, 2.75) is 51.5 Å². The van der Waals surface area contributed by atoms with Gasteiger partial charge in [-0.25, -0.2) is 9.59 Å². The molecule has 4 rings (SSSR count). The maximum atomic E-state index is 13.3. The lowest BCUT2D eigenvalue weighted by atomic mass is 9.89. The molecule has 2 aromatic rings. The van der Waals surface area contributed by atoms with Crippen molar-refractivity contribution in [3.8, 4) is 11.1 Å². The molecule has 2 amide bonds. The Bertz CT molecular complexity index is 1040. The number of amides is 2. The van der Waals surface area contributed by atoms with Crippen LogP contribution in [0.3, 0.4) is 0 Å². The van der Waals surface area contributed by atoms with E-state index in [0.717, 1.165) is 41.5 Å². The first-order chi connectivity index (χ1) is 16.9. The molecular weight excluding hydrogens is 444 g/mol. The van der Waals surface area contributed by atoms with Gasteiger partial charge < -0.3 is 20.1 Å². The Kier molecular flexibility index (Phi) is 7.73. The summed E-state index contributed by atoms with van der Waals surface area (Å²) >= 11 is 0. The van der Waals surface area contributed by atoms with E-state index in [1.165, 1.54) is 4.90 Å². The Labute approximate surface area is 206 Å². The van der Waals surface area contributed by atoms with E-state index in [0.29, 0.717) is 13.0 Å². The number of hydrogen-bond donors (Lipinski definition) is 2. The van der Waals surface area contributed by atoms with Crippen molar-refractivity contribution in [2.24, 2.45) is 11.8 Å². The van der Waals surface area contributed by atoms with Crippen molar-refractivity contribution >= 4 is 18.0 Å². The topological polar surface area (TPSA) is 95.9 Å². The van der Waals surface area contributed by atoms with Crippen LogP contribution >= 0.6 is 0 Å². The highest BCUT2D eigenvalue weighted by molar-refractivity contribution is 5.86. The first-order valence-electron chi connectivity index (χ1n) is 12.5. The summed E-state index contributed by atoms with van der Waals surface area (Å²) in [5, 5.41) is 12.4. The van der Waals surface area contributed by atoms with Crippen LogP contribution in [0.2, 0.25) is 0 Å². The molecule has 1 heterocycles. The number of rotatable bonds is 8. The van der Waals surface area contributed by atoms with Gasteiger partial charge in [0, 0.05) is 19.0 Å². The number of hydrogen-bond acceptors (Lipinski definition) is 4. The van der Waals surface area contributed by atoms with Crippen LogP contribution in [0.5, 0.6) is 0 Å². The van der Waals surface area contributed by atoms with Gasteiger partial charge in [0.25, 0.3) is 0 Å². The minimum absolute atomic E-state index is 0.0348. The molecule has 186 valence electrons. The van der Waals surface area contributed by atoms with E-state index in [9.17, 15) is 19.5 Å². The number of fused-ring (bicyclic) bond motifs is 3. The minimum Gasteiger partial charge on any atom is -0.480 e. The van der Waals surface area contributed by atoms with E-state index >= 15 is 0 Å². The van der Waals surface area contributed by atoms with Gasteiger partial charge in [-0.3, -0.25) is 4.79 Å². The molecule has 1 aliphatic heterocycles. The molecule has 2 N–H and O–H groups in total. The smallest absolute Gasteiger partial charge is 0.407 e. The molecule has 1 fully saturated rings. The third-order valence-electron chi connectivity index (χ3n) is 7.29. The summed E-state index contributed by atoms with van der Waals surface area (Å²) in [6.45, 7) is 4.62. The molecule has 0 spiro atoms. The van der Waals surface area contributed by atoms with Gasteiger partial charge in [0.2, 0.25) is 5.91 Å². The molecule has 1 saturated heterocycles. The lowest BCUT2D eigenvalue weighted by molar-refractivity contribution is -0.156. The third-order valence-corrected chi connectivity index (χ3v) is 7.29. The number of carboxylic acid groups (broad SMARTS) is 1. The van der Waals surface area contributed by atoms with Gasteiger partial charge in [-0.2, -0.15) is 0 Å². The number of piperidine rings is 1. The first kappa shape index (κ1) is 24.8. The molecule has 35 heavy (non-hydrogen) atoms. The van der Waals surface area contributed by atoms with Gasteiger partial charge >= 0.3 is 12.1 Å². The normalized spacial score (nSPS) is 20.0. The minimum atomic E-state index is -0.967. The van der Waals surface area contributed by atoms with Crippen molar-refractivity contribution in [2.75, 3.05) is 19.7 Å². The Morgan fingerprint density at radius 1 is 1.09 bits per heavy atom. The van der Waals surface area contributed by atoms with E-state index in [-0.39, 0.29) is 30.9 Å². The van der Waals surface area contributed by atoms with E-state index in [1.807, 2.05) is 38.1 Å². The van der Waals surface area contributed by atoms with Crippen LogP contribution in [0.4, 0.5) is 4.79 Å². The second kappa shape index (κ2) is 10.9. The van der Waals surface area contributed by atoms with Gasteiger partial charge in [0.15, 0.2) is 0 Å².